The van der Waals surface area contributed by atoms with Gasteiger partial charge in [0.1, 0.15) is 0 Å². The molecule has 0 fully saturated rings. The molecule has 0 unspecified atom stereocenters. The molecule has 0 aliphatic heterocycles. The van der Waals surface area contributed by atoms with Gasteiger partial charge in [-0.3, -0.25) is 0 Å². The fourth-order valence-corrected chi connectivity index (χ4v) is 1.59. The number of halogens is 3. The molecule has 1 aliphatic rings. The van der Waals surface area contributed by atoms with Crippen LogP contribution in [0.5, 0.6) is 0 Å². The second kappa shape index (κ2) is 6.17. The molecule has 0 radical (unpaired) electrons. The smallest absolute Gasteiger partial charge is 0.160 e. The number of rotatable bonds is 1. The Kier molecular flexibility index (Phi) is 6.00. The second-order valence-corrected chi connectivity index (χ2v) is 3.89. The van der Waals surface area contributed by atoms with Crippen LogP contribution in [0.1, 0.15) is 33.6 Å². The molecule has 0 aromatic rings. The van der Waals surface area contributed by atoms with Gasteiger partial charge in [0, 0.05) is 0 Å². The molecule has 82 valence electrons. The molecule has 0 saturated carbocycles. The van der Waals surface area contributed by atoms with E-state index >= 15 is 0 Å². The Morgan fingerprint density at radius 3 is 2.07 bits per heavy atom. The first-order valence-corrected chi connectivity index (χ1v) is 5.41. The molecule has 0 N–H and O–H groups in total. The van der Waals surface area contributed by atoms with Crippen LogP contribution in [0, 0.1) is 0 Å². The van der Waals surface area contributed by atoms with E-state index < -0.39 is 5.51 Å². The van der Waals surface area contributed by atoms with E-state index in [0.717, 1.165) is 12.0 Å². The minimum atomic E-state index is -4.13. The Hall–Kier alpha value is -0.380. The minimum absolute atomic E-state index is 0.00375. The zero-order valence-corrected chi connectivity index (χ0v) is 9.43. The molecule has 0 saturated heterocycles. The van der Waals surface area contributed by atoms with E-state index in [2.05, 4.69) is 0 Å². The number of hydrogen-bond donors (Lipinski definition) is 0. The van der Waals surface area contributed by atoms with Gasteiger partial charge in [-0.05, 0) is 36.4 Å². The van der Waals surface area contributed by atoms with E-state index in [1.165, 1.54) is 0 Å². The topological polar surface area (TPSA) is 0 Å². The molecular weight excluding hydrogens is 209 g/mol. The zero-order chi connectivity index (χ0) is 11.2. The normalized spacial score (nSPS) is 16.4. The Morgan fingerprint density at radius 1 is 1.14 bits per heavy atom. The first-order valence-electron chi connectivity index (χ1n) is 4.59. The minimum Gasteiger partial charge on any atom is -0.160 e. The lowest BCUT2D eigenvalue weighted by Gasteiger charge is -2.12. The van der Waals surface area contributed by atoms with E-state index in [4.69, 9.17) is 0 Å². The van der Waals surface area contributed by atoms with Gasteiger partial charge in [-0.2, -0.15) is 13.2 Å². The Balaban J connectivity index is 0.000000791. The summed E-state index contributed by atoms with van der Waals surface area (Å²) < 4.78 is 35.5. The van der Waals surface area contributed by atoms with Crippen LogP contribution in [0.2, 0.25) is 0 Å². The van der Waals surface area contributed by atoms with Crippen molar-refractivity contribution in [2.24, 2.45) is 0 Å². The van der Waals surface area contributed by atoms with Crippen LogP contribution in [0.25, 0.3) is 0 Å². The van der Waals surface area contributed by atoms with Crippen LogP contribution >= 0.6 is 11.8 Å². The maximum absolute atomic E-state index is 11.8. The summed E-state index contributed by atoms with van der Waals surface area (Å²) in [4.78, 5) is 0.410. The molecule has 0 aromatic carbocycles. The monoisotopic (exact) mass is 224 g/mol. The average molecular weight is 224 g/mol. The van der Waals surface area contributed by atoms with Gasteiger partial charge in [-0.25, -0.2) is 0 Å². The van der Waals surface area contributed by atoms with Crippen LogP contribution in [-0.2, 0) is 0 Å². The van der Waals surface area contributed by atoms with Gasteiger partial charge in [0.05, 0.1) is 0 Å². The molecular formula is C10H15F3S. The summed E-state index contributed by atoms with van der Waals surface area (Å²) >= 11 is -0.00375. The van der Waals surface area contributed by atoms with Gasteiger partial charge in [0.25, 0.3) is 0 Å². The predicted octanol–water partition coefficient (Wildman–Crippen LogP) is 4.89. The van der Waals surface area contributed by atoms with Crippen molar-refractivity contribution in [1.82, 2.24) is 0 Å². The van der Waals surface area contributed by atoms with E-state index in [1.807, 2.05) is 20.8 Å². The highest BCUT2D eigenvalue weighted by atomic mass is 32.2. The van der Waals surface area contributed by atoms with Gasteiger partial charge >= 0.3 is 5.51 Å². The lowest BCUT2D eigenvalue weighted by atomic mass is 10.1. The van der Waals surface area contributed by atoms with Crippen molar-refractivity contribution in [3.05, 3.63) is 22.6 Å². The van der Waals surface area contributed by atoms with Crippen LogP contribution < -0.4 is 0 Å². The van der Waals surface area contributed by atoms with Crippen molar-refractivity contribution < 1.29 is 13.2 Å². The number of hydrogen-bond acceptors (Lipinski definition) is 1. The van der Waals surface area contributed by atoms with Gasteiger partial charge in [-0.15, -0.1) is 0 Å². The Morgan fingerprint density at radius 2 is 1.71 bits per heavy atom. The van der Waals surface area contributed by atoms with Gasteiger partial charge < -0.3 is 0 Å². The summed E-state index contributed by atoms with van der Waals surface area (Å²) in [5.74, 6) is 0. The van der Waals surface area contributed by atoms with E-state index in [1.54, 1.807) is 12.2 Å². The number of thioether (sulfide) groups is 1. The van der Waals surface area contributed by atoms with E-state index in [-0.39, 0.29) is 11.8 Å². The van der Waals surface area contributed by atoms with Crippen molar-refractivity contribution in [2.75, 3.05) is 0 Å². The van der Waals surface area contributed by atoms with Gasteiger partial charge in [0.2, 0.25) is 0 Å². The van der Waals surface area contributed by atoms with E-state index in [9.17, 15) is 13.2 Å². The molecule has 0 nitrogen and oxygen atoms in total. The second-order valence-electron chi connectivity index (χ2n) is 2.69. The summed E-state index contributed by atoms with van der Waals surface area (Å²) in [5.41, 5.74) is -2.99. The fraction of sp³-hybridized carbons (Fsp3) is 0.600. The van der Waals surface area contributed by atoms with Crippen LogP contribution in [0.15, 0.2) is 22.6 Å². The summed E-state index contributed by atoms with van der Waals surface area (Å²) in [6.45, 7) is 5.92. The van der Waals surface area contributed by atoms with Crippen molar-refractivity contribution in [3.63, 3.8) is 0 Å². The predicted molar refractivity (Wildman–Crippen MR) is 56.1 cm³/mol. The van der Waals surface area contributed by atoms with Crippen molar-refractivity contribution in [3.8, 4) is 0 Å². The largest absolute Gasteiger partial charge is 0.446 e. The first-order chi connectivity index (χ1) is 6.47. The SMILES string of the molecule is CC.CC1=CC=C(SC(F)(F)F)CC1. The molecule has 1 aliphatic carbocycles. The highest BCUT2D eigenvalue weighted by molar-refractivity contribution is 8.03. The van der Waals surface area contributed by atoms with Crippen molar-refractivity contribution in [2.45, 2.75) is 39.1 Å². The molecule has 0 amide bonds. The molecule has 0 atom stereocenters. The van der Waals surface area contributed by atoms with Crippen LogP contribution in [0.3, 0.4) is 0 Å². The van der Waals surface area contributed by atoms with E-state index in [0.29, 0.717) is 11.3 Å². The van der Waals surface area contributed by atoms with Crippen molar-refractivity contribution >= 4 is 11.8 Å². The highest BCUT2D eigenvalue weighted by Gasteiger charge is 2.30. The lowest BCUT2D eigenvalue weighted by molar-refractivity contribution is -0.0322. The standard InChI is InChI=1S/C8H9F3S.C2H6/c1-6-2-4-7(5-3-6)12-8(9,10)11;1-2/h2,4H,3,5H2,1H3;1-2H3. The third-order valence-electron chi connectivity index (χ3n) is 1.57. The number of allylic oxidation sites excluding steroid dienone is 4. The van der Waals surface area contributed by atoms with Gasteiger partial charge in [-0.1, -0.05) is 31.6 Å². The zero-order valence-electron chi connectivity index (χ0n) is 8.61. The first kappa shape index (κ1) is 13.6. The molecule has 0 heterocycles. The quantitative estimate of drug-likeness (QED) is 0.611. The molecule has 4 heteroatoms. The summed E-state index contributed by atoms with van der Waals surface area (Å²) in [7, 11) is 0. The van der Waals surface area contributed by atoms with Crippen LogP contribution in [-0.4, -0.2) is 5.51 Å². The Labute approximate surface area is 87.3 Å². The summed E-state index contributed by atoms with van der Waals surface area (Å²) in [6, 6.07) is 0. The third kappa shape index (κ3) is 6.13. The maximum atomic E-state index is 11.8. The lowest BCUT2D eigenvalue weighted by Crippen LogP contribution is -2.01. The molecule has 14 heavy (non-hydrogen) atoms. The third-order valence-corrected chi connectivity index (χ3v) is 2.40. The highest BCUT2D eigenvalue weighted by Crippen LogP contribution is 2.39. The molecule has 1 rings (SSSR count). The van der Waals surface area contributed by atoms with Gasteiger partial charge in [0.15, 0.2) is 0 Å². The van der Waals surface area contributed by atoms with Crippen molar-refractivity contribution in [1.29, 1.82) is 0 Å². The fourth-order valence-electron chi connectivity index (χ4n) is 0.956. The summed E-state index contributed by atoms with van der Waals surface area (Å²) in [6.07, 6.45) is 4.57. The summed E-state index contributed by atoms with van der Waals surface area (Å²) in [5, 5.41) is 0. The maximum Gasteiger partial charge on any atom is 0.446 e. The van der Waals surface area contributed by atoms with Crippen LogP contribution in [0.4, 0.5) is 13.2 Å². The number of alkyl halides is 3. The molecule has 0 spiro atoms. The average Bonchev–Trinajstić information content (AvgIpc) is 2.10. The molecule has 0 bridgehead atoms. The molecule has 0 aromatic heterocycles. The Bertz CT molecular complexity index is 226.